The average Bonchev–Trinajstić information content (AvgIpc) is 2.89. The Labute approximate surface area is 117 Å². The van der Waals surface area contributed by atoms with Gasteiger partial charge in [-0.15, -0.1) is 0 Å². The molecule has 2 nitrogen and oxygen atoms in total. The van der Waals surface area contributed by atoms with Gasteiger partial charge in [-0.1, -0.05) is 31.2 Å². The summed E-state index contributed by atoms with van der Waals surface area (Å²) in [6.45, 7) is 5.94. The number of piperidine rings is 1. The van der Waals surface area contributed by atoms with E-state index in [0.29, 0.717) is 6.04 Å². The van der Waals surface area contributed by atoms with Crippen molar-refractivity contribution < 1.29 is 0 Å². The third-order valence-corrected chi connectivity index (χ3v) is 4.72. The Hall–Kier alpha value is -0.860. The van der Waals surface area contributed by atoms with Gasteiger partial charge in [-0.05, 0) is 56.3 Å². The van der Waals surface area contributed by atoms with Gasteiger partial charge in [-0.3, -0.25) is 4.90 Å². The number of hydrogen-bond donors (Lipinski definition) is 1. The minimum atomic E-state index is 0.668. The molecule has 3 rings (SSSR count). The summed E-state index contributed by atoms with van der Waals surface area (Å²) >= 11 is 0. The van der Waals surface area contributed by atoms with Gasteiger partial charge in [0.15, 0.2) is 0 Å². The summed E-state index contributed by atoms with van der Waals surface area (Å²) in [5, 5.41) is 3.58. The number of aryl methyl sites for hydroxylation is 1. The molecule has 1 fully saturated rings. The maximum absolute atomic E-state index is 3.58. The van der Waals surface area contributed by atoms with E-state index in [1.54, 1.807) is 11.1 Å². The van der Waals surface area contributed by atoms with E-state index in [4.69, 9.17) is 0 Å². The summed E-state index contributed by atoms with van der Waals surface area (Å²) in [4.78, 5) is 2.79. The van der Waals surface area contributed by atoms with E-state index in [1.165, 1.54) is 51.7 Å². The summed E-state index contributed by atoms with van der Waals surface area (Å²) in [5.74, 6) is 0. The van der Waals surface area contributed by atoms with Crippen molar-refractivity contribution in [3.05, 3.63) is 35.4 Å². The lowest BCUT2D eigenvalue weighted by molar-refractivity contribution is 0.111. The van der Waals surface area contributed by atoms with Crippen LogP contribution in [-0.4, -0.2) is 30.6 Å². The lowest BCUT2D eigenvalue weighted by Crippen LogP contribution is -2.47. The summed E-state index contributed by atoms with van der Waals surface area (Å²) in [6, 6.07) is 10.5. The molecule has 0 spiro atoms. The van der Waals surface area contributed by atoms with Gasteiger partial charge in [-0.2, -0.15) is 0 Å². The third-order valence-electron chi connectivity index (χ3n) is 4.72. The minimum absolute atomic E-state index is 0.668. The Morgan fingerprint density at radius 1 is 1.26 bits per heavy atom. The molecule has 0 saturated carbocycles. The van der Waals surface area contributed by atoms with Gasteiger partial charge in [0, 0.05) is 18.6 Å². The molecule has 0 bridgehead atoms. The highest BCUT2D eigenvalue weighted by Crippen LogP contribution is 2.37. The van der Waals surface area contributed by atoms with Crippen molar-refractivity contribution in [3.63, 3.8) is 0 Å². The average molecular weight is 258 g/mol. The van der Waals surface area contributed by atoms with E-state index in [0.717, 1.165) is 6.04 Å². The van der Waals surface area contributed by atoms with E-state index in [-0.39, 0.29) is 0 Å². The van der Waals surface area contributed by atoms with E-state index in [9.17, 15) is 0 Å². The van der Waals surface area contributed by atoms with Crippen LogP contribution in [0.15, 0.2) is 24.3 Å². The molecular formula is C17H26N2. The molecule has 1 N–H and O–H groups in total. The van der Waals surface area contributed by atoms with Crippen molar-refractivity contribution in [2.24, 2.45) is 0 Å². The number of benzene rings is 1. The first-order valence-electron chi connectivity index (χ1n) is 7.94. The van der Waals surface area contributed by atoms with Gasteiger partial charge in [0.25, 0.3) is 0 Å². The Balaban J connectivity index is 1.80. The van der Waals surface area contributed by atoms with Crippen molar-refractivity contribution in [2.75, 3.05) is 19.6 Å². The maximum Gasteiger partial charge on any atom is 0.0357 e. The molecule has 19 heavy (non-hydrogen) atoms. The molecule has 2 aliphatic rings. The highest BCUT2D eigenvalue weighted by molar-refractivity contribution is 5.34. The maximum atomic E-state index is 3.58. The molecule has 0 radical (unpaired) electrons. The zero-order chi connectivity index (χ0) is 13.1. The topological polar surface area (TPSA) is 15.3 Å². The van der Waals surface area contributed by atoms with Crippen LogP contribution in [0.25, 0.3) is 0 Å². The van der Waals surface area contributed by atoms with Crippen LogP contribution in [0.2, 0.25) is 0 Å². The van der Waals surface area contributed by atoms with Gasteiger partial charge in [0.1, 0.15) is 0 Å². The van der Waals surface area contributed by atoms with Crippen LogP contribution in [-0.2, 0) is 6.42 Å². The highest BCUT2D eigenvalue weighted by Gasteiger charge is 2.32. The van der Waals surface area contributed by atoms with Crippen LogP contribution in [0.3, 0.4) is 0 Å². The number of nitrogens with zero attached hydrogens (tertiary/aromatic N) is 1. The van der Waals surface area contributed by atoms with E-state index >= 15 is 0 Å². The van der Waals surface area contributed by atoms with Gasteiger partial charge in [0.2, 0.25) is 0 Å². The molecule has 0 aromatic heterocycles. The Morgan fingerprint density at radius 2 is 2.16 bits per heavy atom. The van der Waals surface area contributed by atoms with E-state index in [2.05, 4.69) is 41.4 Å². The predicted octanol–water partition coefficient (Wildman–Crippen LogP) is 3.14. The van der Waals surface area contributed by atoms with Gasteiger partial charge >= 0.3 is 0 Å². The molecular weight excluding hydrogens is 232 g/mol. The highest BCUT2D eigenvalue weighted by atomic mass is 15.2. The third kappa shape index (κ3) is 2.70. The number of rotatable bonds is 4. The molecule has 2 heteroatoms. The first-order valence-corrected chi connectivity index (χ1v) is 7.94. The second-order valence-electron chi connectivity index (χ2n) is 5.99. The zero-order valence-corrected chi connectivity index (χ0v) is 12.1. The van der Waals surface area contributed by atoms with Crippen LogP contribution in [0.4, 0.5) is 0 Å². The van der Waals surface area contributed by atoms with Gasteiger partial charge in [-0.25, -0.2) is 0 Å². The Morgan fingerprint density at radius 3 is 2.95 bits per heavy atom. The van der Waals surface area contributed by atoms with Crippen molar-refractivity contribution >= 4 is 0 Å². The Kier molecular flexibility index (Phi) is 4.19. The summed E-state index contributed by atoms with van der Waals surface area (Å²) < 4.78 is 0. The fourth-order valence-electron chi connectivity index (χ4n) is 3.85. The Bertz CT molecular complexity index is 409. The predicted molar refractivity (Wildman–Crippen MR) is 80.4 cm³/mol. The molecule has 104 valence electrons. The molecule has 1 aliphatic carbocycles. The normalized spacial score (nSPS) is 26.6. The molecule has 1 aliphatic heterocycles. The van der Waals surface area contributed by atoms with Crippen LogP contribution >= 0.6 is 0 Å². The fourth-order valence-corrected chi connectivity index (χ4v) is 3.85. The molecule has 1 aromatic carbocycles. The van der Waals surface area contributed by atoms with Crippen molar-refractivity contribution in [3.8, 4) is 0 Å². The van der Waals surface area contributed by atoms with Crippen LogP contribution < -0.4 is 5.32 Å². The second kappa shape index (κ2) is 6.06. The monoisotopic (exact) mass is 258 g/mol. The standard InChI is InChI=1S/C17H26N2/c1-2-12-19(15-7-5-11-18-13-15)17-10-9-14-6-3-4-8-16(14)17/h3-4,6,8,15,17-18H,2,5,7,9-13H2,1H3. The summed E-state index contributed by atoms with van der Waals surface area (Å²) in [7, 11) is 0. The molecule has 1 aromatic rings. The quantitative estimate of drug-likeness (QED) is 0.892. The SMILES string of the molecule is CCCN(C1CCCNC1)C1CCc2ccccc21. The molecule has 0 amide bonds. The smallest absolute Gasteiger partial charge is 0.0357 e. The first kappa shape index (κ1) is 13.1. The number of fused-ring (bicyclic) bond motifs is 1. The summed E-state index contributed by atoms with van der Waals surface area (Å²) in [6.07, 6.45) is 6.54. The molecule has 1 heterocycles. The van der Waals surface area contributed by atoms with Crippen LogP contribution in [0, 0.1) is 0 Å². The fraction of sp³-hybridized carbons (Fsp3) is 0.647. The van der Waals surface area contributed by atoms with Crippen molar-refractivity contribution in [1.82, 2.24) is 10.2 Å². The minimum Gasteiger partial charge on any atom is -0.315 e. The molecule has 2 atom stereocenters. The lowest BCUT2D eigenvalue weighted by atomic mass is 10.00. The zero-order valence-electron chi connectivity index (χ0n) is 12.1. The van der Waals surface area contributed by atoms with E-state index < -0.39 is 0 Å². The van der Waals surface area contributed by atoms with Crippen LogP contribution in [0.5, 0.6) is 0 Å². The van der Waals surface area contributed by atoms with Crippen molar-refractivity contribution in [1.29, 1.82) is 0 Å². The largest absolute Gasteiger partial charge is 0.315 e. The van der Waals surface area contributed by atoms with Crippen LogP contribution in [0.1, 0.15) is 49.8 Å². The van der Waals surface area contributed by atoms with Crippen molar-refractivity contribution in [2.45, 2.75) is 51.1 Å². The molecule has 1 saturated heterocycles. The van der Waals surface area contributed by atoms with Gasteiger partial charge < -0.3 is 5.32 Å². The second-order valence-corrected chi connectivity index (χ2v) is 5.99. The van der Waals surface area contributed by atoms with Gasteiger partial charge in [0.05, 0.1) is 0 Å². The number of nitrogens with one attached hydrogen (secondary N) is 1. The molecule has 2 unspecified atom stereocenters. The lowest BCUT2D eigenvalue weighted by Gasteiger charge is -2.39. The first-order chi connectivity index (χ1) is 9.40. The summed E-state index contributed by atoms with van der Waals surface area (Å²) in [5.41, 5.74) is 3.18. The number of hydrogen-bond acceptors (Lipinski definition) is 2. The van der Waals surface area contributed by atoms with E-state index in [1.807, 2.05) is 0 Å².